The molecule has 0 aliphatic rings. The van der Waals surface area contributed by atoms with Gasteiger partial charge in [-0.25, -0.2) is 0 Å². The summed E-state index contributed by atoms with van der Waals surface area (Å²) in [7, 11) is 0. The third-order valence-corrected chi connectivity index (χ3v) is 2.41. The summed E-state index contributed by atoms with van der Waals surface area (Å²) >= 11 is 0. The second-order valence-corrected chi connectivity index (χ2v) is 4.41. The van der Waals surface area contributed by atoms with Crippen molar-refractivity contribution in [3.8, 4) is 6.07 Å². The largest absolute Gasteiger partial charge is 0.370 e. The Bertz CT molecular complexity index is 366. The molecule has 0 unspecified atom stereocenters. The molecule has 0 aliphatic heterocycles. The van der Waals surface area contributed by atoms with Crippen LogP contribution in [0.1, 0.15) is 25.8 Å². The molecule has 16 heavy (non-hydrogen) atoms. The molecule has 0 saturated carbocycles. The van der Waals surface area contributed by atoms with Gasteiger partial charge in [0.05, 0.1) is 12.5 Å². The fourth-order valence-electron chi connectivity index (χ4n) is 1.76. The maximum absolute atomic E-state index is 8.68. The van der Waals surface area contributed by atoms with Gasteiger partial charge in [-0.1, -0.05) is 13.8 Å². The van der Waals surface area contributed by atoms with Crippen molar-refractivity contribution in [2.45, 2.75) is 27.2 Å². The maximum Gasteiger partial charge on any atom is 0.0640 e. The van der Waals surface area contributed by atoms with Crippen molar-refractivity contribution in [1.82, 2.24) is 4.98 Å². The quantitative estimate of drug-likeness (QED) is 0.761. The standard InChI is InChI=1S/C13H19N3/c1-11(2)10-16(8-4-6-14)13-5-7-15-9-12(13)3/h5,7,9,11H,4,8,10H2,1-3H3. The lowest BCUT2D eigenvalue weighted by Gasteiger charge is -2.27. The predicted molar refractivity (Wildman–Crippen MR) is 66.3 cm³/mol. The van der Waals surface area contributed by atoms with E-state index in [4.69, 9.17) is 5.26 Å². The molecule has 0 aliphatic carbocycles. The highest BCUT2D eigenvalue weighted by molar-refractivity contribution is 5.51. The van der Waals surface area contributed by atoms with Crippen LogP contribution in [0.25, 0.3) is 0 Å². The molecule has 0 saturated heterocycles. The van der Waals surface area contributed by atoms with Crippen LogP contribution in [0, 0.1) is 24.2 Å². The molecule has 0 atom stereocenters. The van der Waals surface area contributed by atoms with Crippen molar-refractivity contribution >= 4 is 5.69 Å². The van der Waals surface area contributed by atoms with E-state index in [2.05, 4.69) is 36.7 Å². The number of aryl methyl sites for hydroxylation is 1. The molecular formula is C13H19N3. The molecule has 1 rings (SSSR count). The lowest BCUT2D eigenvalue weighted by molar-refractivity contribution is 0.611. The minimum Gasteiger partial charge on any atom is -0.370 e. The second-order valence-electron chi connectivity index (χ2n) is 4.41. The zero-order valence-corrected chi connectivity index (χ0v) is 10.3. The first-order valence-corrected chi connectivity index (χ1v) is 5.67. The van der Waals surface area contributed by atoms with Gasteiger partial charge in [0, 0.05) is 31.2 Å². The minimum absolute atomic E-state index is 0.564. The molecule has 1 aromatic heterocycles. The van der Waals surface area contributed by atoms with Crippen LogP contribution in [0.3, 0.4) is 0 Å². The summed E-state index contributed by atoms with van der Waals surface area (Å²) in [6.07, 6.45) is 4.24. The van der Waals surface area contributed by atoms with Crippen molar-refractivity contribution in [1.29, 1.82) is 5.26 Å². The summed E-state index contributed by atoms with van der Waals surface area (Å²) < 4.78 is 0. The monoisotopic (exact) mass is 217 g/mol. The Morgan fingerprint density at radius 2 is 2.25 bits per heavy atom. The van der Waals surface area contributed by atoms with Gasteiger partial charge in [0.2, 0.25) is 0 Å². The van der Waals surface area contributed by atoms with Crippen LogP contribution in [-0.4, -0.2) is 18.1 Å². The Hall–Kier alpha value is -1.56. The lowest BCUT2D eigenvalue weighted by Crippen LogP contribution is -2.29. The van der Waals surface area contributed by atoms with Crippen molar-refractivity contribution in [2.75, 3.05) is 18.0 Å². The van der Waals surface area contributed by atoms with Crippen LogP contribution in [0.5, 0.6) is 0 Å². The summed E-state index contributed by atoms with van der Waals surface area (Å²) in [6, 6.07) is 4.23. The van der Waals surface area contributed by atoms with Crippen LogP contribution in [0.4, 0.5) is 5.69 Å². The van der Waals surface area contributed by atoms with Crippen molar-refractivity contribution in [3.05, 3.63) is 24.0 Å². The van der Waals surface area contributed by atoms with Gasteiger partial charge >= 0.3 is 0 Å². The highest BCUT2D eigenvalue weighted by Crippen LogP contribution is 2.19. The van der Waals surface area contributed by atoms with Gasteiger partial charge in [-0.05, 0) is 24.5 Å². The molecule has 1 heterocycles. The molecule has 0 N–H and O–H groups in total. The zero-order valence-electron chi connectivity index (χ0n) is 10.3. The maximum atomic E-state index is 8.68. The molecule has 0 spiro atoms. The van der Waals surface area contributed by atoms with Crippen molar-refractivity contribution in [3.63, 3.8) is 0 Å². The number of nitriles is 1. The third-order valence-electron chi connectivity index (χ3n) is 2.41. The van der Waals surface area contributed by atoms with Gasteiger partial charge in [0.15, 0.2) is 0 Å². The first-order chi connectivity index (χ1) is 7.65. The summed E-state index contributed by atoms with van der Waals surface area (Å²) in [5, 5.41) is 8.68. The van der Waals surface area contributed by atoms with E-state index >= 15 is 0 Å². The summed E-state index contributed by atoms with van der Waals surface area (Å²) in [5.41, 5.74) is 2.36. The molecule has 3 heteroatoms. The van der Waals surface area contributed by atoms with Crippen molar-refractivity contribution in [2.24, 2.45) is 5.92 Å². The molecule has 86 valence electrons. The topological polar surface area (TPSA) is 39.9 Å². The summed E-state index contributed by atoms with van der Waals surface area (Å²) in [4.78, 5) is 6.36. The van der Waals surface area contributed by atoms with Gasteiger partial charge in [0.1, 0.15) is 0 Å². The highest BCUT2D eigenvalue weighted by atomic mass is 15.1. The third kappa shape index (κ3) is 3.54. The van der Waals surface area contributed by atoms with Crippen molar-refractivity contribution < 1.29 is 0 Å². The number of anilines is 1. The first kappa shape index (κ1) is 12.5. The van der Waals surface area contributed by atoms with E-state index in [1.54, 1.807) is 0 Å². The van der Waals surface area contributed by atoms with Crippen LogP contribution in [-0.2, 0) is 0 Å². The van der Waals surface area contributed by atoms with E-state index in [1.165, 1.54) is 11.3 Å². The van der Waals surface area contributed by atoms with E-state index in [-0.39, 0.29) is 0 Å². The van der Waals surface area contributed by atoms with E-state index in [1.807, 2.05) is 18.5 Å². The Labute approximate surface area is 97.7 Å². The number of aromatic nitrogens is 1. The van der Waals surface area contributed by atoms with E-state index < -0.39 is 0 Å². The van der Waals surface area contributed by atoms with E-state index in [0.29, 0.717) is 12.3 Å². The predicted octanol–water partition coefficient (Wildman–Crippen LogP) is 2.77. The molecule has 0 radical (unpaired) electrons. The van der Waals surface area contributed by atoms with Gasteiger partial charge in [0.25, 0.3) is 0 Å². The van der Waals surface area contributed by atoms with Gasteiger partial charge in [-0.2, -0.15) is 5.26 Å². The highest BCUT2D eigenvalue weighted by Gasteiger charge is 2.10. The molecule has 3 nitrogen and oxygen atoms in total. The Balaban J connectivity index is 2.83. The Morgan fingerprint density at radius 3 is 2.81 bits per heavy atom. The fourth-order valence-corrected chi connectivity index (χ4v) is 1.76. The molecule has 0 fully saturated rings. The Morgan fingerprint density at radius 1 is 1.50 bits per heavy atom. The SMILES string of the molecule is Cc1cnccc1N(CCC#N)CC(C)C. The molecule has 1 aromatic rings. The van der Waals surface area contributed by atoms with Crippen LogP contribution < -0.4 is 4.90 Å². The molecule has 0 aromatic carbocycles. The Kier molecular flexibility index (Phi) is 4.78. The minimum atomic E-state index is 0.564. The van der Waals surface area contributed by atoms with Crippen LogP contribution in [0.15, 0.2) is 18.5 Å². The molecule has 0 amide bonds. The van der Waals surface area contributed by atoms with Gasteiger partial charge < -0.3 is 4.90 Å². The number of hydrogen-bond acceptors (Lipinski definition) is 3. The fraction of sp³-hybridized carbons (Fsp3) is 0.538. The van der Waals surface area contributed by atoms with E-state index in [9.17, 15) is 0 Å². The van der Waals surface area contributed by atoms with Crippen LogP contribution in [0.2, 0.25) is 0 Å². The average Bonchev–Trinajstić information content (AvgIpc) is 2.24. The smallest absolute Gasteiger partial charge is 0.0640 e. The summed E-state index contributed by atoms with van der Waals surface area (Å²) in [5.74, 6) is 0.589. The number of rotatable bonds is 5. The first-order valence-electron chi connectivity index (χ1n) is 5.67. The second kappa shape index (κ2) is 6.12. The number of hydrogen-bond donors (Lipinski definition) is 0. The van der Waals surface area contributed by atoms with Gasteiger partial charge in [-0.3, -0.25) is 4.98 Å². The molecule has 0 bridgehead atoms. The number of pyridine rings is 1. The lowest BCUT2D eigenvalue weighted by atomic mass is 10.1. The van der Waals surface area contributed by atoms with E-state index in [0.717, 1.165) is 13.1 Å². The average molecular weight is 217 g/mol. The van der Waals surface area contributed by atoms with Gasteiger partial charge in [-0.15, -0.1) is 0 Å². The zero-order chi connectivity index (χ0) is 12.0. The van der Waals surface area contributed by atoms with Crippen LogP contribution >= 0.6 is 0 Å². The number of nitrogens with zero attached hydrogens (tertiary/aromatic N) is 3. The normalized spacial score (nSPS) is 10.2. The molecular weight excluding hydrogens is 198 g/mol. The summed E-state index contributed by atoms with van der Waals surface area (Å²) in [6.45, 7) is 8.21.